The molecular weight excluding hydrogens is 725 g/mol. The van der Waals surface area contributed by atoms with Crippen LogP contribution in [0.4, 0.5) is 27.1 Å². The van der Waals surface area contributed by atoms with Crippen molar-refractivity contribution >= 4 is 73.9 Å². The van der Waals surface area contributed by atoms with Crippen LogP contribution < -0.4 is 15.1 Å². The predicted octanol–water partition coefficient (Wildman–Crippen LogP) is 8.13. The molecule has 4 aromatic rings. The van der Waals surface area contributed by atoms with E-state index < -0.39 is 52.6 Å². The first-order valence-corrected chi connectivity index (χ1v) is 17.5. The number of benzene rings is 4. The van der Waals surface area contributed by atoms with E-state index in [0.717, 1.165) is 27.9 Å². The lowest BCUT2D eigenvalue weighted by molar-refractivity contribution is -0.131. The number of rotatable bonds is 5. The summed E-state index contributed by atoms with van der Waals surface area (Å²) in [5.74, 6) is -6.16. The molecule has 8 nitrogen and oxygen atoms in total. The van der Waals surface area contributed by atoms with Crippen molar-refractivity contribution in [2.24, 2.45) is 29.1 Å². The second-order valence-electron chi connectivity index (χ2n) is 13.5. The number of fused-ring (bicyclic) bond motifs is 4. The van der Waals surface area contributed by atoms with E-state index in [1.54, 1.807) is 31.2 Å². The van der Waals surface area contributed by atoms with Gasteiger partial charge in [0.05, 0.1) is 39.6 Å². The highest BCUT2D eigenvalue weighted by Crippen LogP contribution is 2.64. The monoisotopic (exact) mass is 753 g/mol. The Hall–Kier alpha value is -4.80. The Bertz CT molecular complexity index is 2140. The molecule has 2 saturated heterocycles. The molecular formula is C39H30BrClFN3O5. The highest BCUT2D eigenvalue weighted by Gasteiger charge is 2.68. The molecule has 4 amide bonds. The zero-order valence-electron chi connectivity index (χ0n) is 26.6. The van der Waals surface area contributed by atoms with Crippen molar-refractivity contribution in [3.8, 4) is 5.75 Å². The lowest BCUT2D eigenvalue weighted by Crippen LogP contribution is -2.48. The Labute approximate surface area is 300 Å². The Morgan fingerprint density at radius 2 is 1.54 bits per heavy atom. The van der Waals surface area contributed by atoms with Crippen LogP contribution in [0, 0.1) is 34.9 Å². The topological polar surface area (TPSA) is 107 Å². The number of allylic oxidation sites excluding steroid dienone is 2. The number of hydrogen-bond donors (Lipinski definition) is 2. The number of nitrogens with zero attached hydrogens (tertiary/aromatic N) is 2. The zero-order chi connectivity index (χ0) is 35.1. The van der Waals surface area contributed by atoms with Gasteiger partial charge in [0.15, 0.2) is 0 Å². The number of halogens is 3. The van der Waals surface area contributed by atoms with Gasteiger partial charge in [-0.2, -0.15) is 0 Å². The fraction of sp³-hybridized carbons (Fsp3) is 0.231. The van der Waals surface area contributed by atoms with E-state index in [0.29, 0.717) is 15.7 Å². The Morgan fingerprint density at radius 1 is 0.840 bits per heavy atom. The van der Waals surface area contributed by atoms with Crippen LogP contribution in [0.1, 0.15) is 31.2 Å². The molecule has 2 aliphatic carbocycles. The molecule has 252 valence electrons. The lowest BCUT2D eigenvalue weighted by atomic mass is 9.51. The number of hydrogen-bond acceptors (Lipinski definition) is 6. The molecule has 0 bridgehead atoms. The summed E-state index contributed by atoms with van der Waals surface area (Å²) < 4.78 is 14.8. The van der Waals surface area contributed by atoms with Gasteiger partial charge in [-0.1, -0.05) is 57.4 Å². The van der Waals surface area contributed by atoms with Gasteiger partial charge in [0, 0.05) is 27.3 Å². The molecule has 8 rings (SSSR count). The lowest BCUT2D eigenvalue weighted by Gasteiger charge is -2.49. The van der Waals surface area contributed by atoms with Gasteiger partial charge in [-0.15, -0.1) is 0 Å². The first kappa shape index (κ1) is 32.4. The SMILES string of the molecule is C[C@@]12C(=O)N(c3ccc(F)c(Cl)c3)C(=O)[C@@H]1C[C@@H]1C(=CC[C@@H]3C(=O)N(c4ccc(Nc5ccccc5)cc4)C(=O)[C@@H]31)[C@@H]2c1cc(Br)ccc1O. The third kappa shape index (κ3) is 4.83. The quantitative estimate of drug-likeness (QED) is 0.158. The summed E-state index contributed by atoms with van der Waals surface area (Å²) in [6, 6.07) is 25.3. The summed E-state index contributed by atoms with van der Waals surface area (Å²) in [5, 5.41) is 14.3. The van der Waals surface area contributed by atoms with Crippen LogP contribution in [-0.4, -0.2) is 28.7 Å². The van der Waals surface area contributed by atoms with Crippen LogP contribution in [0.5, 0.6) is 5.75 Å². The third-order valence-corrected chi connectivity index (χ3v) is 11.7. The van der Waals surface area contributed by atoms with Crippen molar-refractivity contribution in [3.63, 3.8) is 0 Å². The van der Waals surface area contributed by atoms with Gasteiger partial charge in [0.1, 0.15) is 11.6 Å². The van der Waals surface area contributed by atoms with E-state index in [2.05, 4.69) is 21.2 Å². The van der Waals surface area contributed by atoms with E-state index in [1.807, 2.05) is 48.5 Å². The van der Waals surface area contributed by atoms with Gasteiger partial charge < -0.3 is 10.4 Å². The number of para-hydroxylation sites is 1. The van der Waals surface area contributed by atoms with Crippen LogP contribution in [0.3, 0.4) is 0 Å². The van der Waals surface area contributed by atoms with Gasteiger partial charge in [-0.05, 0) is 98.5 Å². The molecule has 0 spiro atoms. The summed E-state index contributed by atoms with van der Waals surface area (Å²) in [6.07, 6.45) is 2.32. The minimum atomic E-state index is -1.38. The van der Waals surface area contributed by atoms with Crippen molar-refractivity contribution in [1.82, 2.24) is 0 Å². The van der Waals surface area contributed by atoms with Crippen LogP contribution in [0.2, 0.25) is 5.02 Å². The molecule has 0 unspecified atom stereocenters. The Kier molecular flexibility index (Phi) is 7.72. The second kappa shape index (κ2) is 11.9. The van der Waals surface area contributed by atoms with E-state index in [9.17, 15) is 28.7 Å². The molecule has 4 aromatic carbocycles. The predicted molar refractivity (Wildman–Crippen MR) is 190 cm³/mol. The molecule has 4 aliphatic rings. The Morgan fingerprint density at radius 3 is 2.26 bits per heavy atom. The van der Waals surface area contributed by atoms with Crippen molar-refractivity contribution in [1.29, 1.82) is 0 Å². The van der Waals surface area contributed by atoms with E-state index in [-0.39, 0.29) is 41.1 Å². The van der Waals surface area contributed by atoms with Crippen LogP contribution in [0.25, 0.3) is 0 Å². The highest BCUT2D eigenvalue weighted by molar-refractivity contribution is 9.10. The van der Waals surface area contributed by atoms with Crippen LogP contribution in [-0.2, 0) is 19.2 Å². The van der Waals surface area contributed by atoms with Crippen molar-refractivity contribution in [3.05, 3.63) is 124 Å². The normalized spacial score (nSPS) is 27.2. The number of phenols is 1. The van der Waals surface area contributed by atoms with Gasteiger partial charge >= 0.3 is 0 Å². The third-order valence-electron chi connectivity index (χ3n) is 10.9. The number of imide groups is 2. The van der Waals surface area contributed by atoms with Gasteiger partial charge in [0.25, 0.3) is 0 Å². The van der Waals surface area contributed by atoms with Gasteiger partial charge in [-0.3, -0.25) is 24.1 Å². The molecule has 3 fully saturated rings. The summed E-state index contributed by atoms with van der Waals surface area (Å²) in [5.41, 5.74) is 2.06. The van der Waals surface area contributed by atoms with Gasteiger partial charge in [0.2, 0.25) is 23.6 Å². The van der Waals surface area contributed by atoms with Crippen molar-refractivity contribution in [2.45, 2.75) is 25.7 Å². The number of carbonyl (C=O) groups excluding carboxylic acids is 4. The smallest absolute Gasteiger partial charge is 0.241 e. The average Bonchev–Trinajstić information content (AvgIpc) is 3.47. The van der Waals surface area contributed by atoms with Crippen LogP contribution in [0.15, 0.2) is 107 Å². The first-order valence-electron chi connectivity index (χ1n) is 16.3. The van der Waals surface area contributed by atoms with E-state index in [1.165, 1.54) is 23.1 Å². The summed E-state index contributed by atoms with van der Waals surface area (Å²) >= 11 is 9.59. The molecule has 2 aliphatic heterocycles. The molecule has 6 atom stereocenters. The summed E-state index contributed by atoms with van der Waals surface area (Å²) in [6.45, 7) is 1.72. The maximum absolute atomic E-state index is 14.6. The van der Waals surface area contributed by atoms with Crippen molar-refractivity contribution in [2.75, 3.05) is 15.1 Å². The maximum Gasteiger partial charge on any atom is 0.241 e. The van der Waals surface area contributed by atoms with E-state index >= 15 is 0 Å². The molecule has 0 radical (unpaired) electrons. The molecule has 2 heterocycles. The highest BCUT2D eigenvalue weighted by atomic mass is 79.9. The van der Waals surface area contributed by atoms with Crippen molar-refractivity contribution < 1.29 is 28.7 Å². The second-order valence-corrected chi connectivity index (χ2v) is 14.8. The van der Waals surface area contributed by atoms with E-state index in [4.69, 9.17) is 11.6 Å². The number of carbonyl (C=O) groups is 4. The number of amides is 4. The molecule has 0 aromatic heterocycles. The summed E-state index contributed by atoms with van der Waals surface area (Å²) in [4.78, 5) is 59.6. The fourth-order valence-electron chi connectivity index (χ4n) is 8.62. The standard InChI is InChI=1S/C39H30BrClFN3O5/c1-39-29(36(48)45(38(39)50)24-12-15-31(42)30(41)18-24)19-27-25(34(39)28-17-20(40)7-16-32(28)46)13-14-26-33(27)37(49)44(35(26)47)23-10-8-22(9-11-23)43-21-5-3-2-4-6-21/h2-13,15-18,26-27,29,33-34,43,46H,14,19H2,1H3/t26-,27+,29-,33-,34+,39+/m0/s1. The number of phenolic OH excluding ortho intramolecular Hbond substituents is 1. The minimum Gasteiger partial charge on any atom is -0.508 e. The molecule has 50 heavy (non-hydrogen) atoms. The average molecular weight is 755 g/mol. The maximum atomic E-state index is 14.6. The molecule has 11 heteroatoms. The Balaban J connectivity index is 1.19. The minimum absolute atomic E-state index is 0.0648. The number of anilines is 4. The van der Waals surface area contributed by atoms with Crippen LogP contribution >= 0.6 is 27.5 Å². The zero-order valence-corrected chi connectivity index (χ0v) is 29.0. The number of aromatic hydroxyl groups is 1. The molecule has 1 saturated carbocycles. The molecule has 2 N–H and O–H groups in total. The fourth-order valence-corrected chi connectivity index (χ4v) is 9.18. The van der Waals surface area contributed by atoms with Gasteiger partial charge in [-0.25, -0.2) is 9.29 Å². The summed E-state index contributed by atoms with van der Waals surface area (Å²) in [7, 11) is 0. The number of nitrogens with one attached hydrogen (secondary N) is 1. The first-order chi connectivity index (χ1) is 24.0. The largest absolute Gasteiger partial charge is 0.508 e.